The van der Waals surface area contributed by atoms with Gasteiger partial charge in [0.2, 0.25) is 5.91 Å². The molecular weight excluding hydrogens is 266 g/mol. The summed E-state index contributed by atoms with van der Waals surface area (Å²) in [5, 5.41) is 0. The molecule has 1 unspecified atom stereocenters. The maximum absolute atomic E-state index is 11.8. The van der Waals surface area contributed by atoms with E-state index in [-0.39, 0.29) is 5.78 Å². The molecule has 0 radical (unpaired) electrons. The van der Waals surface area contributed by atoms with E-state index in [1.807, 2.05) is 4.90 Å². The summed E-state index contributed by atoms with van der Waals surface area (Å²) < 4.78 is 0. The first-order chi connectivity index (χ1) is 8.59. The predicted octanol–water partition coefficient (Wildman–Crippen LogP) is 3.00. The van der Waals surface area contributed by atoms with Crippen LogP contribution in [0.3, 0.4) is 0 Å². The van der Waals surface area contributed by atoms with Gasteiger partial charge in [-0.15, -0.1) is 0 Å². The molecule has 5 heteroatoms. The number of hydrogen-bond acceptors (Lipinski definition) is 4. The number of Topliss-reactive ketones (excluding diaryl/α,β-unsaturated/α-hetero) is 1. The van der Waals surface area contributed by atoms with Crippen molar-refractivity contribution in [2.45, 2.75) is 39.5 Å². The highest BCUT2D eigenvalue weighted by Gasteiger charge is 2.22. The van der Waals surface area contributed by atoms with Crippen LogP contribution in [0.25, 0.3) is 0 Å². The lowest BCUT2D eigenvalue weighted by molar-refractivity contribution is -0.130. The van der Waals surface area contributed by atoms with Crippen molar-refractivity contribution in [3.8, 4) is 0 Å². The highest BCUT2D eigenvalue weighted by molar-refractivity contribution is 8.76. The zero-order valence-electron chi connectivity index (χ0n) is 11.3. The Bertz CT molecular complexity index is 284. The SMILES string of the molecule is CC(=O)CCSSCCCC(=O)N1CCC(C)C1. The smallest absolute Gasteiger partial charge is 0.222 e. The molecule has 0 bridgehead atoms. The van der Waals surface area contributed by atoms with Crippen LogP contribution in [0.2, 0.25) is 0 Å². The molecule has 18 heavy (non-hydrogen) atoms. The Balaban J connectivity index is 1.94. The van der Waals surface area contributed by atoms with Crippen molar-refractivity contribution in [1.82, 2.24) is 4.90 Å². The Labute approximate surface area is 118 Å². The van der Waals surface area contributed by atoms with Crippen molar-refractivity contribution in [3.63, 3.8) is 0 Å². The number of carbonyl (C=O) groups excluding carboxylic acids is 2. The zero-order chi connectivity index (χ0) is 13.4. The lowest BCUT2D eigenvalue weighted by Gasteiger charge is -2.15. The Kier molecular flexibility index (Phi) is 7.82. The van der Waals surface area contributed by atoms with Crippen molar-refractivity contribution in [2.24, 2.45) is 5.92 Å². The van der Waals surface area contributed by atoms with Crippen LogP contribution in [0.5, 0.6) is 0 Å². The summed E-state index contributed by atoms with van der Waals surface area (Å²) in [6, 6.07) is 0. The van der Waals surface area contributed by atoms with Crippen molar-refractivity contribution < 1.29 is 9.59 Å². The molecule has 1 heterocycles. The second-order valence-corrected chi connectivity index (χ2v) is 7.64. The van der Waals surface area contributed by atoms with Crippen LogP contribution in [0.4, 0.5) is 0 Å². The normalized spacial score (nSPS) is 19.2. The number of rotatable bonds is 8. The molecular formula is C13H23NO2S2. The molecule has 1 fully saturated rings. The summed E-state index contributed by atoms with van der Waals surface area (Å²) in [5.74, 6) is 3.12. The third-order valence-electron chi connectivity index (χ3n) is 3.02. The van der Waals surface area contributed by atoms with E-state index >= 15 is 0 Å². The first kappa shape index (κ1) is 15.9. The summed E-state index contributed by atoms with van der Waals surface area (Å²) in [4.78, 5) is 24.6. The summed E-state index contributed by atoms with van der Waals surface area (Å²) in [7, 11) is 3.51. The van der Waals surface area contributed by atoms with E-state index in [0.717, 1.165) is 37.4 Å². The minimum atomic E-state index is 0.251. The van der Waals surface area contributed by atoms with Gasteiger partial charge >= 0.3 is 0 Å². The van der Waals surface area contributed by atoms with Gasteiger partial charge in [0.1, 0.15) is 5.78 Å². The average molecular weight is 289 g/mol. The van der Waals surface area contributed by atoms with Gasteiger partial charge in [0, 0.05) is 37.4 Å². The third-order valence-corrected chi connectivity index (χ3v) is 5.51. The van der Waals surface area contributed by atoms with Gasteiger partial charge < -0.3 is 4.90 Å². The minimum Gasteiger partial charge on any atom is -0.342 e. The molecule has 3 nitrogen and oxygen atoms in total. The molecule has 1 aliphatic heterocycles. The quantitative estimate of drug-likeness (QED) is 0.508. The molecule has 0 saturated carbocycles. The monoisotopic (exact) mass is 289 g/mol. The molecule has 0 aromatic carbocycles. The number of ketones is 1. The van der Waals surface area contributed by atoms with Crippen LogP contribution in [0.1, 0.15) is 39.5 Å². The summed E-state index contributed by atoms with van der Waals surface area (Å²) in [5.41, 5.74) is 0. The molecule has 1 amide bonds. The molecule has 0 aromatic rings. The number of likely N-dealkylation sites (tertiary alicyclic amines) is 1. The lowest BCUT2D eigenvalue weighted by atomic mass is 10.2. The van der Waals surface area contributed by atoms with Gasteiger partial charge in [-0.3, -0.25) is 9.59 Å². The van der Waals surface area contributed by atoms with E-state index in [1.165, 1.54) is 0 Å². The Morgan fingerprint density at radius 1 is 1.22 bits per heavy atom. The van der Waals surface area contributed by atoms with E-state index in [9.17, 15) is 9.59 Å². The number of nitrogens with zero attached hydrogens (tertiary/aromatic N) is 1. The lowest BCUT2D eigenvalue weighted by Crippen LogP contribution is -2.28. The summed E-state index contributed by atoms with van der Waals surface area (Å²) in [6.45, 7) is 5.72. The number of amides is 1. The molecule has 0 aromatic heterocycles. The van der Waals surface area contributed by atoms with Crippen molar-refractivity contribution >= 4 is 33.3 Å². The molecule has 1 atom stereocenters. The average Bonchev–Trinajstić information content (AvgIpc) is 2.74. The van der Waals surface area contributed by atoms with E-state index in [2.05, 4.69) is 6.92 Å². The van der Waals surface area contributed by atoms with Crippen LogP contribution >= 0.6 is 21.6 Å². The topological polar surface area (TPSA) is 37.4 Å². The fourth-order valence-corrected chi connectivity index (χ4v) is 4.08. The van der Waals surface area contributed by atoms with Crippen LogP contribution in [-0.2, 0) is 9.59 Å². The van der Waals surface area contributed by atoms with Crippen molar-refractivity contribution in [1.29, 1.82) is 0 Å². The maximum atomic E-state index is 11.8. The predicted molar refractivity (Wildman–Crippen MR) is 79.8 cm³/mol. The number of hydrogen-bond donors (Lipinski definition) is 0. The Hall–Kier alpha value is -0.160. The standard InChI is InChI=1S/C13H23NO2S2/c1-11-5-7-14(10-11)13(16)4-3-8-17-18-9-6-12(2)15/h11H,3-10H2,1-2H3. The second-order valence-electron chi connectivity index (χ2n) is 4.93. The van der Waals surface area contributed by atoms with Gasteiger partial charge in [0.05, 0.1) is 0 Å². The van der Waals surface area contributed by atoms with E-state index in [1.54, 1.807) is 28.5 Å². The minimum absolute atomic E-state index is 0.251. The summed E-state index contributed by atoms with van der Waals surface area (Å²) >= 11 is 0. The highest BCUT2D eigenvalue weighted by atomic mass is 33.1. The second kappa shape index (κ2) is 8.86. The van der Waals surface area contributed by atoms with Gasteiger partial charge in [-0.2, -0.15) is 0 Å². The van der Waals surface area contributed by atoms with Crippen molar-refractivity contribution in [2.75, 3.05) is 24.6 Å². The molecule has 1 rings (SSSR count). The van der Waals surface area contributed by atoms with E-state index in [0.29, 0.717) is 24.7 Å². The zero-order valence-corrected chi connectivity index (χ0v) is 12.9. The van der Waals surface area contributed by atoms with Gasteiger partial charge in [0.25, 0.3) is 0 Å². The van der Waals surface area contributed by atoms with E-state index in [4.69, 9.17) is 0 Å². The van der Waals surface area contributed by atoms with Gasteiger partial charge in [0.15, 0.2) is 0 Å². The molecule has 0 aliphatic carbocycles. The molecule has 1 aliphatic rings. The maximum Gasteiger partial charge on any atom is 0.222 e. The van der Waals surface area contributed by atoms with E-state index < -0.39 is 0 Å². The molecule has 0 N–H and O–H groups in total. The Morgan fingerprint density at radius 2 is 1.94 bits per heavy atom. The fraction of sp³-hybridized carbons (Fsp3) is 0.846. The summed E-state index contributed by atoms with van der Waals surface area (Å²) in [6.07, 6.45) is 3.43. The van der Waals surface area contributed by atoms with Gasteiger partial charge in [-0.25, -0.2) is 0 Å². The van der Waals surface area contributed by atoms with Crippen LogP contribution in [0, 0.1) is 5.92 Å². The van der Waals surface area contributed by atoms with Crippen LogP contribution in [-0.4, -0.2) is 41.2 Å². The first-order valence-corrected chi connectivity index (χ1v) is 9.10. The highest BCUT2D eigenvalue weighted by Crippen LogP contribution is 2.24. The molecule has 1 saturated heterocycles. The van der Waals surface area contributed by atoms with Gasteiger partial charge in [-0.1, -0.05) is 28.5 Å². The first-order valence-electron chi connectivity index (χ1n) is 6.61. The third kappa shape index (κ3) is 6.69. The molecule has 0 spiro atoms. The van der Waals surface area contributed by atoms with Crippen LogP contribution in [0.15, 0.2) is 0 Å². The molecule has 104 valence electrons. The number of carbonyl (C=O) groups is 2. The fourth-order valence-electron chi connectivity index (χ4n) is 1.91. The Morgan fingerprint density at radius 3 is 2.56 bits per heavy atom. The van der Waals surface area contributed by atoms with Crippen molar-refractivity contribution in [3.05, 3.63) is 0 Å². The van der Waals surface area contributed by atoms with Crippen LogP contribution < -0.4 is 0 Å². The van der Waals surface area contributed by atoms with Gasteiger partial charge in [-0.05, 0) is 25.7 Å². The largest absolute Gasteiger partial charge is 0.342 e.